The van der Waals surface area contributed by atoms with Crippen LogP contribution in [0.25, 0.3) is 0 Å². The van der Waals surface area contributed by atoms with Crippen molar-refractivity contribution in [3.63, 3.8) is 0 Å². The predicted octanol–water partition coefficient (Wildman–Crippen LogP) is 1.92. The monoisotopic (exact) mass is 250 g/mol. The minimum absolute atomic E-state index is 0.00184. The molecule has 3 N–H and O–H groups in total. The van der Waals surface area contributed by atoms with Gasteiger partial charge in [-0.1, -0.05) is 12.1 Å². The van der Waals surface area contributed by atoms with Crippen molar-refractivity contribution in [3.8, 4) is 5.75 Å². The average molecular weight is 250 g/mol. The van der Waals surface area contributed by atoms with Crippen LogP contribution in [0.1, 0.15) is 37.9 Å². The zero-order valence-electron chi connectivity index (χ0n) is 11.5. The molecule has 0 heterocycles. The van der Waals surface area contributed by atoms with E-state index in [2.05, 4.69) is 5.32 Å². The zero-order valence-corrected chi connectivity index (χ0v) is 11.5. The number of benzene rings is 1. The highest BCUT2D eigenvalue weighted by Gasteiger charge is 2.07. The number of carbonyl (C=O) groups excluding carboxylic acids is 1. The lowest BCUT2D eigenvalue weighted by molar-refractivity contribution is -0.123. The summed E-state index contributed by atoms with van der Waals surface area (Å²) < 4.78 is 5.48. The van der Waals surface area contributed by atoms with E-state index in [4.69, 9.17) is 10.5 Å². The van der Waals surface area contributed by atoms with Gasteiger partial charge in [-0.3, -0.25) is 4.79 Å². The van der Waals surface area contributed by atoms with Crippen LogP contribution in [-0.2, 0) is 4.79 Å². The summed E-state index contributed by atoms with van der Waals surface area (Å²) in [5.41, 5.74) is 7.85. The number of carbonyl (C=O) groups is 1. The van der Waals surface area contributed by atoms with Gasteiger partial charge in [-0.2, -0.15) is 0 Å². The quantitative estimate of drug-likeness (QED) is 0.839. The Bertz CT molecular complexity index is 414. The molecule has 0 unspecified atom stereocenters. The molecular formula is C14H22N2O2. The summed E-state index contributed by atoms with van der Waals surface area (Å²) in [5.74, 6) is 0.610. The first-order valence-electron chi connectivity index (χ1n) is 6.18. The van der Waals surface area contributed by atoms with Gasteiger partial charge in [0.15, 0.2) is 6.61 Å². The van der Waals surface area contributed by atoms with Crippen LogP contribution >= 0.6 is 0 Å². The van der Waals surface area contributed by atoms with Gasteiger partial charge in [0, 0.05) is 12.1 Å². The van der Waals surface area contributed by atoms with Crippen LogP contribution in [0.4, 0.5) is 0 Å². The molecule has 0 saturated carbocycles. The van der Waals surface area contributed by atoms with Crippen molar-refractivity contribution < 1.29 is 9.53 Å². The van der Waals surface area contributed by atoms with Crippen molar-refractivity contribution >= 4 is 5.91 Å². The summed E-state index contributed by atoms with van der Waals surface area (Å²) >= 11 is 0. The van der Waals surface area contributed by atoms with Crippen LogP contribution in [0.5, 0.6) is 5.75 Å². The topological polar surface area (TPSA) is 64.3 Å². The van der Waals surface area contributed by atoms with Crippen molar-refractivity contribution in [1.82, 2.24) is 5.32 Å². The third-order valence-corrected chi connectivity index (χ3v) is 2.53. The fourth-order valence-electron chi connectivity index (χ4n) is 1.62. The molecule has 1 amide bonds. The minimum atomic E-state index is -0.110. The van der Waals surface area contributed by atoms with Crippen LogP contribution in [0.3, 0.4) is 0 Å². The Labute approximate surface area is 109 Å². The number of hydrogen-bond donors (Lipinski definition) is 2. The summed E-state index contributed by atoms with van der Waals surface area (Å²) in [7, 11) is 0. The Morgan fingerprint density at radius 3 is 2.56 bits per heavy atom. The molecule has 0 aliphatic heterocycles. The summed E-state index contributed by atoms with van der Waals surface area (Å²) in [6, 6.07) is 5.90. The molecule has 18 heavy (non-hydrogen) atoms. The van der Waals surface area contributed by atoms with Gasteiger partial charge >= 0.3 is 0 Å². The molecule has 100 valence electrons. The number of aryl methyl sites for hydroxylation is 1. The first kappa shape index (κ1) is 14.5. The van der Waals surface area contributed by atoms with Crippen molar-refractivity contribution in [2.24, 2.45) is 5.73 Å². The maximum atomic E-state index is 11.5. The maximum absolute atomic E-state index is 11.5. The molecular weight excluding hydrogens is 228 g/mol. The van der Waals surface area contributed by atoms with E-state index >= 15 is 0 Å². The SMILES string of the molecule is Cc1cc([C@H](C)N)ccc1OCC(=O)NC(C)C. The van der Waals surface area contributed by atoms with E-state index in [-0.39, 0.29) is 24.6 Å². The fourth-order valence-corrected chi connectivity index (χ4v) is 1.62. The van der Waals surface area contributed by atoms with Gasteiger partial charge in [0.05, 0.1) is 0 Å². The summed E-state index contributed by atoms with van der Waals surface area (Å²) in [5, 5.41) is 2.78. The zero-order chi connectivity index (χ0) is 13.7. The molecule has 1 rings (SSSR count). The molecule has 4 heteroatoms. The molecule has 0 fully saturated rings. The highest BCUT2D eigenvalue weighted by atomic mass is 16.5. The van der Waals surface area contributed by atoms with Crippen LogP contribution in [0.2, 0.25) is 0 Å². The molecule has 0 saturated heterocycles. The van der Waals surface area contributed by atoms with Crippen molar-refractivity contribution in [3.05, 3.63) is 29.3 Å². The summed E-state index contributed by atoms with van der Waals surface area (Å²) in [4.78, 5) is 11.5. The Morgan fingerprint density at radius 1 is 1.39 bits per heavy atom. The van der Waals surface area contributed by atoms with Gasteiger partial charge in [-0.05, 0) is 44.9 Å². The van der Waals surface area contributed by atoms with E-state index in [0.29, 0.717) is 0 Å². The van der Waals surface area contributed by atoms with Crippen LogP contribution in [-0.4, -0.2) is 18.6 Å². The molecule has 0 aliphatic rings. The lowest BCUT2D eigenvalue weighted by Gasteiger charge is -2.13. The molecule has 1 aromatic rings. The van der Waals surface area contributed by atoms with Gasteiger partial charge in [0.25, 0.3) is 5.91 Å². The Kier molecular flexibility index (Phi) is 5.16. The lowest BCUT2D eigenvalue weighted by atomic mass is 10.1. The fraction of sp³-hybridized carbons (Fsp3) is 0.500. The third-order valence-electron chi connectivity index (χ3n) is 2.53. The Morgan fingerprint density at radius 2 is 2.06 bits per heavy atom. The van der Waals surface area contributed by atoms with E-state index in [9.17, 15) is 4.79 Å². The molecule has 0 aromatic heterocycles. The number of nitrogens with two attached hydrogens (primary N) is 1. The second-order valence-corrected chi connectivity index (χ2v) is 4.82. The smallest absolute Gasteiger partial charge is 0.258 e. The van der Waals surface area contributed by atoms with Crippen molar-refractivity contribution in [2.75, 3.05) is 6.61 Å². The Balaban J connectivity index is 2.60. The standard InChI is InChI=1S/C14H22N2O2/c1-9(2)16-14(17)8-18-13-6-5-12(11(4)15)7-10(13)3/h5-7,9,11H,8,15H2,1-4H3,(H,16,17)/t11-/m0/s1. The highest BCUT2D eigenvalue weighted by molar-refractivity contribution is 5.77. The van der Waals surface area contributed by atoms with Crippen LogP contribution in [0.15, 0.2) is 18.2 Å². The predicted molar refractivity (Wildman–Crippen MR) is 72.6 cm³/mol. The number of amides is 1. The number of hydrogen-bond acceptors (Lipinski definition) is 3. The second-order valence-electron chi connectivity index (χ2n) is 4.82. The number of rotatable bonds is 5. The van der Waals surface area contributed by atoms with E-state index in [1.54, 1.807) is 0 Å². The molecule has 0 spiro atoms. The van der Waals surface area contributed by atoms with Gasteiger partial charge < -0.3 is 15.8 Å². The molecule has 4 nitrogen and oxygen atoms in total. The van der Waals surface area contributed by atoms with Gasteiger partial charge in [-0.25, -0.2) is 0 Å². The summed E-state index contributed by atoms with van der Waals surface area (Å²) in [6.07, 6.45) is 0. The molecule has 1 atom stereocenters. The largest absolute Gasteiger partial charge is 0.484 e. The Hall–Kier alpha value is -1.55. The highest BCUT2D eigenvalue weighted by Crippen LogP contribution is 2.21. The van der Waals surface area contributed by atoms with Gasteiger partial charge in [-0.15, -0.1) is 0 Å². The minimum Gasteiger partial charge on any atom is -0.484 e. The van der Waals surface area contributed by atoms with Gasteiger partial charge in [0.1, 0.15) is 5.75 Å². The lowest BCUT2D eigenvalue weighted by Crippen LogP contribution is -2.34. The first-order chi connectivity index (χ1) is 8.40. The second kappa shape index (κ2) is 6.40. The van der Waals surface area contributed by atoms with Crippen LogP contribution < -0.4 is 15.8 Å². The summed E-state index contributed by atoms with van der Waals surface area (Å²) in [6.45, 7) is 7.75. The number of nitrogens with one attached hydrogen (secondary N) is 1. The molecule has 0 aliphatic carbocycles. The molecule has 1 aromatic carbocycles. The average Bonchev–Trinajstić information content (AvgIpc) is 2.26. The normalized spacial score (nSPS) is 12.3. The van der Waals surface area contributed by atoms with Crippen molar-refractivity contribution in [1.29, 1.82) is 0 Å². The molecule has 0 bridgehead atoms. The van der Waals surface area contributed by atoms with Crippen molar-refractivity contribution in [2.45, 2.75) is 39.8 Å². The number of ether oxygens (including phenoxy) is 1. The maximum Gasteiger partial charge on any atom is 0.258 e. The van der Waals surface area contributed by atoms with Gasteiger partial charge in [0.2, 0.25) is 0 Å². The van der Waals surface area contributed by atoms with E-state index in [1.165, 1.54) is 0 Å². The third kappa shape index (κ3) is 4.37. The van der Waals surface area contributed by atoms with Crippen LogP contribution in [0, 0.1) is 6.92 Å². The van der Waals surface area contributed by atoms with E-state index in [1.807, 2.05) is 45.9 Å². The molecule has 0 radical (unpaired) electrons. The van der Waals surface area contributed by atoms with E-state index < -0.39 is 0 Å². The van der Waals surface area contributed by atoms with E-state index in [0.717, 1.165) is 16.9 Å². The first-order valence-corrected chi connectivity index (χ1v) is 6.18.